The van der Waals surface area contributed by atoms with E-state index < -0.39 is 11.9 Å². The average Bonchev–Trinajstić information content (AvgIpc) is 3.01. The second kappa shape index (κ2) is 5.76. The molecule has 2 atom stereocenters. The highest BCUT2D eigenvalue weighted by atomic mass is 19.4. The summed E-state index contributed by atoms with van der Waals surface area (Å²) in [7, 11) is 0. The van der Waals surface area contributed by atoms with Gasteiger partial charge < -0.3 is 14.4 Å². The minimum atomic E-state index is -4.46. The van der Waals surface area contributed by atoms with Gasteiger partial charge in [-0.3, -0.25) is 0 Å². The molecule has 0 aromatic carbocycles. The van der Waals surface area contributed by atoms with Crippen molar-refractivity contribution in [1.29, 1.82) is 0 Å². The molecular weight excluding hydrogens is 287 g/mol. The Kier molecular flexibility index (Phi) is 3.99. The molecule has 0 amide bonds. The van der Waals surface area contributed by atoms with Crippen LogP contribution >= 0.6 is 0 Å². The zero-order valence-electron chi connectivity index (χ0n) is 11.3. The molecule has 8 heteroatoms. The van der Waals surface area contributed by atoms with E-state index in [0.29, 0.717) is 25.5 Å². The van der Waals surface area contributed by atoms with Crippen LogP contribution in [0.15, 0.2) is 12.1 Å². The summed E-state index contributed by atoms with van der Waals surface area (Å²) < 4.78 is 48.7. The van der Waals surface area contributed by atoms with Crippen LogP contribution in [0.1, 0.15) is 18.5 Å². The van der Waals surface area contributed by atoms with Crippen molar-refractivity contribution in [3.63, 3.8) is 0 Å². The molecule has 0 aliphatic carbocycles. The Labute approximate surface area is 120 Å². The van der Waals surface area contributed by atoms with Crippen molar-refractivity contribution in [3.8, 4) is 0 Å². The zero-order valence-corrected chi connectivity index (χ0v) is 11.3. The van der Waals surface area contributed by atoms with Crippen molar-refractivity contribution < 1.29 is 22.6 Å². The number of halogens is 3. The van der Waals surface area contributed by atoms with Crippen LogP contribution in [0.3, 0.4) is 0 Å². The lowest BCUT2D eigenvalue weighted by atomic mass is 10.1. The van der Waals surface area contributed by atoms with Gasteiger partial charge in [-0.05, 0) is 25.0 Å². The third-order valence-electron chi connectivity index (χ3n) is 3.74. The molecule has 5 nitrogen and oxygen atoms in total. The van der Waals surface area contributed by atoms with E-state index >= 15 is 0 Å². The fraction of sp³-hybridized carbons (Fsp3) is 0.692. The standard InChI is InChI=1S/C13H16F3N3O2/c14-13(15,16)11-3-4-12(18-17-11)19-5-7-21-10(8-19)9-2-1-6-20-9/h3-4,9-10H,1-2,5-8H2. The second-order valence-electron chi connectivity index (χ2n) is 5.18. The van der Waals surface area contributed by atoms with E-state index in [-0.39, 0.29) is 12.2 Å². The Balaban J connectivity index is 1.68. The van der Waals surface area contributed by atoms with Crippen molar-refractivity contribution >= 4 is 5.82 Å². The molecule has 0 radical (unpaired) electrons. The van der Waals surface area contributed by atoms with Gasteiger partial charge in [0.1, 0.15) is 6.10 Å². The molecule has 1 aromatic heterocycles. The molecule has 2 aliphatic rings. The summed E-state index contributed by atoms with van der Waals surface area (Å²) in [6.07, 6.45) is -2.49. The zero-order chi connectivity index (χ0) is 14.9. The van der Waals surface area contributed by atoms with Gasteiger partial charge in [0, 0.05) is 19.7 Å². The van der Waals surface area contributed by atoms with Crippen LogP contribution in [0.2, 0.25) is 0 Å². The molecule has 21 heavy (non-hydrogen) atoms. The fourth-order valence-electron chi connectivity index (χ4n) is 2.65. The summed E-state index contributed by atoms with van der Waals surface area (Å²) in [5, 5.41) is 6.95. The van der Waals surface area contributed by atoms with Gasteiger partial charge in [-0.1, -0.05) is 0 Å². The quantitative estimate of drug-likeness (QED) is 0.835. The average molecular weight is 303 g/mol. The molecular formula is C13H16F3N3O2. The van der Waals surface area contributed by atoms with Gasteiger partial charge in [0.15, 0.2) is 11.5 Å². The SMILES string of the molecule is FC(F)(F)c1ccc(N2CCOC(C3CCCO3)C2)nn1. The van der Waals surface area contributed by atoms with E-state index in [0.717, 1.165) is 25.5 Å². The lowest BCUT2D eigenvalue weighted by Crippen LogP contribution is -2.48. The van der Waals surface area contributed by atoms with E-state index in [1.165, 1.54) is 6.07 Å². The van der Waals surface area contributed by atoms with Crippen LogP contribution in [-0.2, 0) is 15.7 Å². The molecule has 0 spiro atoms. The van der Waals surface area contributed by atoms with Crippen molar-refractivity contribution in [2.45, 2.75) is 31.2 Å². The van der Waals surface area contributed by atoms with E-state index in [2.05, 4.69) is 10.2 Å². The highest BCUT2D eigenvalue weighted by Crippen LogP contribution is 2.28. The molecule has 2 fully saturated rings. The van der Waals surface area contributed by atoms with Crippen molar-refractivity contribution in [3.05, 3.63) is 17.8 Å². The first-order valence-corrected chi connectivity index (χ1v) is 6.93. The number of rotatable bonds is 2. The Morgan fingerprint density at radius 1 is 1.10 bits per heavy atom. The summed E-state index contributed by atoms with van der Waals surface area (Å²) in [6.45, 7) is 2.39. The number of alkyl halides is 3. The van der Waals surface area contributed by atoms with Gasteiger partial charge in [-0.25, -0.2) is 0 Å². The van der Waals surface area contributed by atoms with Gasteiger partial charge in [0.2, 0.25) is 0 Å². The van der Waals surface area contributed by atoms with Crippen molar-refractivity contribution in [2.75, 3.05) is 31.2 Å². The number of morpholine rings is 1. The topological polar surface area (TPSA) is 47.5 Å². The summed E-state index contributed by atoms with van der Waals surface area (Å²) in [5.41, 5.74) is -0.977. The van der Waals surface area contributed by atoms with Crippen LogP contribution in [-0.4, -0.2) is 48.7 Å². The minimum Gasteiger partial charge on any atom is -0.375 e. The van der Waals surface area contributed by atoms with Gasteiger partial charge >= 0.3 is 6.18 Å². The third-order valence-corrected chi connectivity index (χ3v) is 3.74. The molecule has 0 saturated carbocycles. The number of anilines is 1. The van der Waals surface area contributed by atoms with E-state index in [1.807, 2.05) is 4.90 Å². The lowest BCUT2D eigenvalue weighted by Gasteiger charge is -2.35. The van der Waals surface area contributed by atoms with Gasteiger partial charge in [0.05, 0.1) is 12.7 Å². The minimum absolute atomic E-state index is 0.0645. The Morgan fingerprint density at radius 3 is 2.52 bits per heavy atom. The van der Waals surface area contributed by atoms with E-state index in [9.17, 15) is 13.2 Å². The number of hydrogen-bond donors (Lipinski definition) is 0. The van der Waals surface area contributed by atoms with Gasteiger partial charge in [-0.15, -0.1) is 10.2 Å². The monoisotopic (exact) mass is 303 g/mol. The highest BCUT2D eigenvalue weighted by Gasteiger charge is 2.34. The summed E-state index contributed by atoms with van der Waals surface area (Å²) in [5.74, 6) is 0.439. The van der Waals surface area contributed by atoms with Gasteiger partial charge in [-0.2, -0.15) is 13.2 Å². The van der Waals surface area contributed by atoms with Crippen LogP contribution in [0, 0.1) is 0 Å². The predicted octanol–water partition coefficient (Wildman–Crippen LogP) is 1.88. The fourth-order valence-corrected chi connectivity index (χ4v) is 2.65. The summed E-state index contributed by atoms with van der Waals surface area (Å²) in [6, 6.07) is 2.31. The maximum Gasteiger partial charge on any atom is 0.435 e. The lowest BCUT2D eigenvalue weighted by molar-refractivity contribution is -0.141. The van der Waals surface area contributed by atoms with Crippen LogP contribution in [0.5, 0.6) is 0 Å². The molecule has 2 aliphatic heterocycles. The second-order valence-corrected chi connectivity index (χ2v) is 5.18. The first kappa shape index (κ1) is 14.5. The number of hydrogen-bond acceptors (Lipinski definition) is 5. The normalized spacial score (nSPS) is 27.1. The summed E-state index contributed by atoms with van der Waals surface area (Å²) in [4.78, 5) is 1.89. The van der Waals surface area contributed by atoms with Crippen molar-refractivity contribution in [1.82, 2.24) is 10.2 Å². The number of aromatic nitrogens is 2. The predicted molar refractivity (Wildman–Crippen MR) is 68.0 cm³/mol. The smallest absolute Gasteiger partial charge is 0.375 e. The van der Waals surface area contributed by atoms with Crippen molar-refractivity contribution in [2.24, 2.45) is 0 Å². The Morgan fingerprint density at radius 2 is 1.90 bits per heavy atom. The number of ether oxygens (including phenoxy) is 2. The number of nitrogens with zero attached hydrogens (tertiary/aromatic N) is 3. The molecule has 0 N–H and O–H groups in total. The Hall–Kier alpha value is -1.41. The van der Waals surface area contributed by atoms with E-state index in [1.54, 1.807) is 0 Å². The molecule has 116 valence electrons. The van der Waals surface area contributed by atoms with Crippen LogP contribution < -0.4 is 4.90 Å². The molecule has 1 aromatic rings. The van der Waals surface area contributed by atoms with E-state index in [4.69, 9.17) is 9.47 Å². The Bertz CT molecular complexity index is 475. The molecule has 3 rings (SSSR count). The maximum atomic E-state index is 12.5. The molecule has 3 heterocycles. The third kappa shape index (κ3) is 3.26. The van der Waals surface area contributed by atoms with Crippen LogP contribution in [0.25, 0.3) is 0 Å². The summed E-state index contributed by atoms with van der Waals surface area (Å²) >= 11 is 0. The molecule has 2 unspecified atom stereocenters. The van der Waals surface area contributed by atoms with Gasteiger partial charge in [0.25, 0.3) is 0 Å². The first-order chi connectivity index (χ1) is 10.0. The molecule has 0 bridgehead atoms. The largest absolute Gasteiger partial charge is 0.435 e. The first-order valence-electron chi connectivity index (χ1n) is 6.93. The molecule has 2 saturated heterocycles. The highest BCUT2D eigenvalue weighted by molar-refractivity contribution is 5.38. The maximum absolute atomic E-state index is 12.5. The van der Waals surface area contributed by atoms with Crippen LogP contribution in [0.4, 0.5) is 19.0 Å².